The summed E-state index contributed by atoms with van der Waals surface area (Å²) in [4.78, 5) is 4.55. The van der Waals surface area contributed by atoms with Gasteiger partial charge >= 0.3 is 0 Å². The molecule has 26 heavy (non-hydrogen) atoms. The van der Waals surface area contributed by atoms with Gasteiger partial charge in [0.25, 0.3) is 11.8 Å². The van der Waals surface area contributed by atoms with E-state index in [4.69, 9.17) is 4.74 Å². The number of likely N-dealkylation sites (N-methyl/N-ethyl adjacent to an activating group) is 2. The van der Waals surface area contributed by atoms with Crippen molar-refractivity contribution in [1.29, 1.82) is 0 Å². The molecule has 0 saturated carbocycles. The summed E-state index contributed by atoms with van der Waals surface area (Å²) < 4.78 is 23.7. The summed E-state index contributed by atoms with van der Waals surface area (Å²) in [5.74, 6) is 1.07. The molecule has 0 fully saturated rings. The molecule has 0 aliphatic carbocycles. The Labute approximate surface area is 167 Å². The lowest BCUT2D eigenvalue weighted by Crippen LogP contribution is -2.25. The first-order valence-corrected chi connectivity index (χ1v) is 9.75. The van der Waals surface area contributed by atoms with Crippen molar-refractivity contribution in [1.82, 2.24) is 27.3 Å². The van der Waals surface area contributed by atoms with E-state index >= 15 is 0 Å². The number of hydrogen-bond acceptors (Lipinski definition) is 9. The maximum atomic E-state index is 6.05. The number of ether oxygens (including phenoxy) is 1. The van der Waals surface area contributed by atoms with Crippen LogP contribution >= 0.6 is 35.9 Å². The fraction of sp³-hybridized carbons (Fsp3) is 0.500. The van der Waals surface area contributed by atoms with E-state index in [1.807, 2.05) is 0 Å². The smallest absolute Gasteiger partial charge is 0.260 e. The minimum atomic E-state index is 0. The van der Waals surface area contributed by atoms with Crippen molar-refractivity contribution in [2.75, 3.05) is 40.3 Å². The van der Waals surface area contributed by atoms with Gasteiger partial charge in [0.05, 0.1) is 23.5 Å². The van der Waals surface area contributed by atoms with E-state index in [1.54, 1.807) is 0 Å². The van der Waals surface area contributed by atoms with Crippen LogP contribution < -0.4 is 4.74 Å². The van der Waals surface area contributed by atoms with Gasteiger partial charge in [-0.3, -0.25) is 0 Å². The van der Waals surface area contributed by atoms with Gasteiger partial charge in [-0.2, -0.15) is 8.75 Å². The van der Waals surface area contributed by atoms with Crippen molar-refractivity contribution in [3.8, 4) is 11.8 Å². The van der Waals surface area contributed by atoms with Crippen LogP contribution in [0.15, 0.2) is 12.2 Å². The Morgan fingerprint density at radius 2 is 1.27 bits per heavy atom. The fourth-order valence-electron chi connectivity index (χ4n) is 3.11. The molecular weight excluding hydrogens is 392 g/mol. The van der Waals surface area contributed by atoms with E-state index in [2.05, 4.69) is 53.5 Å². The topological polar surface area (TPSA) is 67.3 Å². The third kappa shape index (κ3) is 4.12. The Bertz CT molecular complexity index is 751. The average molecular weight is 413 g/mol. The predicted molar refractivity (Wildman–Crippen MR) is 107 cm³/mol. The van der Waals surface area contributed by atoms with Gasteiger partial charge < -0.3 is 14.5 Å². The van der Waals surface area contributed by atoms with Crippen LogP contribution in [0, 0.1) is 0 Å². The molecule has 4 rings (SSSR count). The van der Waals surface area contributed by atoms with Crippen LogP contribution in [0.5, 0.6) is 11.8 Å². The van der Waals surface area contributed by atoms with Gasteiger partial charge in [-0.1, -0.05) is 12.2 Å². The Hall–Kier alpha value is -1.39. The molecule has 0 saturated heterocycles. The molecule has 0 N–H and O–H groups in total. The molecule has 0 radical (unpaired) electrons. The van der Waals surface area contributed by atoms with Gasteiger partial charge in [-0.25, -0.2) is 0 Å². The molecule has 4 heterocycles. The molecule has 0 spiro atoms. The molecule has 7 nitrogen and oxygen atoms in total. The van der Waals surface area contributed by atoms with E-state index in [1.165, 1.54) is 34.6 Å². The van der Waals surface area contributed by atoms with Crippen LogP contribution in [0.25, 0.3) is 11.1 Å². The quantitative estimate of drug-likeness (QED) is 0.764. The van der Waals surface area contributed by atoms with Gasteiger partial charge in [0.1, 0.15) is 11.4 Å². The Morgan fingerprint density at radius 3 is 1.69 bits per heavy atom. The predicted octanol–water partition coefficient (Wildman–Crippen LogP) is 3.04. The first-order chi connectivity index (χ1) is 12.2. The third-order valence-corrected chi connectivity index (χ3v) is 5.43. The van der Waals surface area contributed by atoms with Crippen LogP contribution in [-0.2, 0) is 0 Å². The molecular formula is C16H21ClN6OS2. The zero-order valence-electron chi connectivity index (χ0n) is 14.7. The van der Waals surface area contributed by atoms with Gasteiger partial charge in [0, 0.05) is 26.2 Å². The molecule has 2 aliphatic rings. The maximum Gasteiger partial charge on any atom is 0.260 e. The van der Waals surface area contributed by atoms with Crippen LogP contribution in [0.1, 0.15) is 24.2 Å². The molecule has 0 unspecified atom stereocenters. The Balaban J connectivity index is 0.00000196. The minimum Gasteiger partial charge on any atom is -0.414 e. The normalized spacial score (nSPS) is 18.8. The van der Waals surface area contributed by atoms with Crippen molar-refractivity contribution in [3.05, 3.63) is 23.5 Å². The molecule has 2 aromatic rings. The first-order valence-electron chi connectivity index (χ1n) is 8.29. The lowest BCUT2D eigenvalue weighted by Gasteiger charge is -2.22. The lowest BCUT2D eigenvalue weighted by molar-refractivity contribution is 0.370. The second-order valence-corrected chi connectivity index (χ2v) is 7.51. The van der Waals surface area contributed by atoms with E-state index in [-0.39, 0.29) is 12.4 Å². The summed E-state index contributed by atoms with van der Waals surface area (Å²) in [7, 11) is 4.23. The first kappa shape index (κ1) is 19.4. The van der Waals surface area contributed by atoms with Crippen molar-refractivity contribution in [2.45, 2.75) is 12.8 Å². The van der Waals surface area contributed by atoms with Gasteiger partial charge in [0.15, 0.2) is 0 Å². The minimum absolute atomic E-state index is 0. The zero-order valence-corrected chi connectivity index (χ0v) is 17.2. The summed E-state index contributed by atoms with van der Waals surface area (Å²) in [6, 6.07) is 0. The average Bonchev–Trinajstić information content (AvgIpc) is 3.25. The second-order valence-electron chi connectivity index (χ2n) is 6.45. The van der Waals surface area contributed by atoms with E-state index in [0.29, 0.717) is 11.8 Å². The molecule has 0 atom stereocenters. The van der Waals surface area contributed by atoms with Gasteiger partial charge in [-0.05, 0) is 38.1 Å². The molecule has 2 aliphatic heterocycles. The highest BCUT2D eigenvalue weighted by Gasteiger charge is 2.23. The molecule has 0 aromatic carbocycles. The highest BCUT2D eigenvalue weighted by atomic mass is 35.5. The Morgan fingerprint density at radius 1 is 0.808 bits per heavy atom. The van der Waals surface area contributed by atoms with Crippen molar-refractivity contribution < 1.29 is 4.74 Å². The fourth-order valence-corrected chi connectivity index (χ4v) is 4.14. The highest BCUT2D eigenvalue weighted by Crippen LogP contribution is 2.34. The molecule has 0 amide bonds. The molecule has 140 valence electrons. The lowest BCUT2D eigenvalue weighted by atomic mass is 10.1. The summed E-state index contributed by atoms with van der Waals surface area (Å²) in [5.41, 5.74) is 3.98. The largest absolute Gasteiger partial charge is 0.414 e. The second kappa shape index (κ2) is 8.53. The third-order valence-electron chi connectivity index (χ3n) is 4.40. The monoisotopic (exact) mass is 412 g/mol. The number of hydrogen-bond donors (Lipinski definition) is 0. The van der Waals surface area contributed by atoms with Crippen molar-refractivity contribution in [2.24, 2.45) is 0 Å². The molecule has 2 aromatic heterocycles. The number of aromatic nitrogens is 4. The standard InChI is InChI=1S/C16H20N6OS2.ClH/c1-21-7-3-5-11(9-21)13-15(19-24-17-13)23-16-14(18-25-20-16)12-6-4-8-22(2)10-12;/h5-6H,3-4,7-10H2,1-2H3;1H. The Kier molecular flexibility index (Phi) is 6.36. The SMILES string of the molecule is CN1CCC=C(c2nsnc2Oc2nsnc2C2=CCCN(C)C2)C1.Cl. The number of halogens is 1. The summed E-state index contributed by atoms with van der Waals surface area (Å²) in [5, 5.41) is 0. The van der Waals surface area contributed by atoms with E-state index in [0.717, 1.165) is 50.4 Å². The van der Waals surface area contributed by atoms with E-state index < -0.39 is 0 Å². The van der Waals surface area contributed by atoms with E-state index in [9.17, 15) is 0 Å². The van der Waals surface area contributed by atoms with Gasteiger partial charge in [0.2, 0.25) is 0 Å². The van der Waals surface area contributed by atoms with Gasteiger partial charge in [-0.15, -0.1) is 21.2 Å². The summed E-state index contributed by atoms with van der Waals surface area (Å²) in [6.07, 6.45) is 6.49. The molecule has 10 heteroatoms. The van der Waals surface area contributed by atoms with Crippen LogP contribution in [0.4, 0.5) is 0 Å². The van der Waals surface area contributed by atoms with Crippen LogP contribution in [0.2, 0.25) is 0 Å². The van der Waals surface area contributed by atoms with Crippen molar-refractivity contribution in [3.63, 3.8) is 0 Å². The number of rotatable bonds is 4. The molecule has 0 bridgehead atoms. The summed E-state index contributed by atoms with van der Waals surface area (Å²) in [6.45, 7) is 3.86. The zero-order chi connectivity index (χ0) is 17.2. The highest BCUT2D eigenvalue weighted by molar-refractivity contribution is 6.99. The maximum absolute atomic E-state index is 6.05. The summed E-state index contributed by atoms with van der Waals surface area (Å²) >= 11 is 2.35. The van der Waals surface area contributed by atoms with Crippen LogP contribution in [0.3, 0.4) is 0 Å². The number of nitrogens with zero attached hydrogens (tertiary/aromatic N) is 6. The van der Waals surface area contributed by atoms with Crippen LogP contribution in [-0.4, -0.2) is 67.6 Å². The van der Waals surface area contributed by atoms with Crippen molar-refractivity contribution >= 4 is 47.0 Å².